The summed E-state index contributed by atoms with van der Waals surface area (Å²) in [6.07, 6.45) is 4.14. The number of nitrogens with zero attached hydrogens (tertiary/aromatic N) is 3. The van der Waals surface area contributed by atoms with Crippen LogP contribution < -0.4 is 5.32 Å². The smallest absolute Gasteiger partial charge is 0.275 e. The van der Waals surface area contributed by atoms with E-state index in [1.165, 1.54) is 28.6 Å². The fraction of sp³-hybridized carbons (Fsp3) is 0.421. The molecule has 2 heterocycles. The average Bonchev–Trinajstić information content (AvgIpc) is 2.75. The standard InChI is InChI=1S/C19H23ClN4O5S2/c1-2-12-30(26,27)19-21-13-16(20)17(23-19)18(25)22-14-6-8-15(9-7-14)31(28,29)24-10-4-3-5-11-24/h6-9,13H,2-5,10-12H2,1H3,(H,22,25). The van der Waals surface area contributed by atoms with Crippen LogP contribution in [0.15, 0.2) is 40.5 Å². The van der Waals surface area contributed by atoms with Gasteiger partial charge < -0.3 is 5.32 Å². The van der Waals surface area contributed by atoms with Gasteiger partial charge in [0.2, 0.25) is 25.0 Å². The molecule has 0 saturated carbocycles. The molecule has 0 radical (unpaired) electrons. The molecular formula is C19H23ClN4O5S2. The third-order valence-electron chi connectivity index (χ3n) is 4.75. The van der Waals surface area contributed by atoms with Crippen LogP contribution in [-0.4, -0.2) is 55.9 Å². The van der Waals surface area contributed by atoms with E-state index in [-0.39, 0.29) is 21.4 Å². The van der Waals surface area contributed by atoms with E-state index in [0.29, 0.717) is 25.2 Å². The molecule has 1 aromatic heterocycles. The SMILES string of the molecule is CCCS(=O)(=O)c1ncc(Cl)c(C(=O)Nc2ccc(S(=O)(=O)N3CCCCC3)cc2)n1. The molecule has 2 aromatic rings. The number of anilines is 1. The summed E-state index contributed by atoms with van der Waals surface area (Å²) in [5.41, 5.74) is 0.0339. The lowest BCUT2D eigenvalue weighted by molar-refractivity contribution is 0.102. The van der Waals surface area contributed by atoms with Crippen LogP contribution in [0.25, 0.3) is 0 Å². The molecule has 9 nitrogen and oxygen atoms in total. The van der Waals surface area contributed by atoms with E-state index >= 15 is 0 Å². The molecule has 1 aliphatic rings. The molecule has 0 atom stereocenters. The Labute approximate surface area is 186 Å². The highest BCUT2D eigenvalue weighted by atomic mass is 35.5. The first-order valence-electron chi connectivity index (χ1n) is 9.82. The first-order chi connectivity index (χ1) is 14.6. The Kier molecular flexibility index (Phi) is 7.30. The minimum atomic E-state index is -3.72. The molecule has 1 aliphatic heterocycles. The maximum atomic E-state index is 12.7. The van der Waals surface area contributed by atoms with E-state index in [0.717, 1.165) is 25.5 Å². The van der Waals surface area contributed by atoms with Crippen molar-refractivity contribution < 1.29 is 21.6 Å². The van der Waals surface area contributed by atoms with Gasteiger partial charge in [0.05, 0.1) is 21.9 Å². The number of hydrogen-bond acceptors (Lipinski definition) is 7. The van der Waals surface area contributed by atoms with Crippen LogP contribution in [0.1, 0.15) is 43.1 Å². The number of aromatic nitrogens is 2. The van der Waals surface area contributed by atoms with Gasteiger partial charge in [-0.25, -0.2) is 26.8 Å². The van der Waals surface area contributed by atoms with E-state index in [4.69, 9.17) is 11.6 Å². The average molecular weight is 487 g/mol. The minimum absolute atomic E-state index is 0.0998. The number of carbonyl (C=O) groups is 1. The van der Waals surface area contributed by atoms with Gasteiger partial charge in [-0.2, -0.15) is 4.31 Å². The monoisotopic (exact) mass is 486 g/mol. The number of piperidine rings is 1. The second kappa shape index (κ2) is 9.60. The van der Waals surface area contributed by atoms with Gasteiger partial charge in [-0.05, 0) is 43.5 Å². The van der Waals surface area contributed by atoms with E-state index in [9.17, 15) is 21.6 Å². The number of rotatable bonds is 7. The lowest BCUT2D eigenvalue weighted by Crippen LogP contribution is -2.35. The van der Waals surface area contributed by atoms with Crippen molar-refractivity contribution in [1.29, 1.82) is 0 Å². The Balaban J connectivity index is 1.78. The van der Waals surface area contributed by atoms with Crippen molar-refractivity contribution in [2.75, 3.05) is 24.2 Å². The zero-order valence-corrected chi connectivity index (χ0v) is 19.3. The second-order valence-corrected chi connectivity index (χ2v) is 11.5. The van der Waals surface area contributed by atoms with E-state index in [2.05, 4.69) is 15.3 Å². The van der Waals surface area contributed by atoms with Gasteiger partial charge in [-0.15, -0.1) is 0 Å². The van der Waals surface area contributed by atoms with Crippen LogP contribution in [-0.2, 0) is 19.9 Å². The van der Waals surface area contributed by atoms with E-state index in [1.807, 2.05) is 0 Å². The van der Waals surface area contributed by atoms with Crippen LogP contribution in [0.3, 0.4) is 0 Å². The molecule has 0 spiro atoms. The van der Waals surface area contributed by atoms with Crippen LogP contribution in [0.2, 0.25) is 5.02 Å². The fourth-order valence-electron chi connectivity index (χ4n) is 3.17. The highest BCUT2D eigenvalue weighted by Gasteiger charge is 2.26. The summed E-state index contributed by atoms with van der Waals surface area (Å²) in [6, 6.07) is 5.74. The first kappa shape index (κ1) is 23.6. The predicted octanol–water partition coefficient (Wildman–Crippen LogP) is 2.74. The molecule has 1 amide bonds. The largest absolute Gasteiger partial charge is 0.321 e. The predicted molar refractivity (Wildman–Crippen MR) is 116 cm³/mol. The molecule has 0 unspecified atom stereocenters. The molecule has 31 heavy (non-hydrogen) atoms. The highest BCUT2D eigenvalue weighted by molar-refractivity contribution is 7.91. The van der Waals surface area contributed by atoms with Crippen LogP contribution in [0, 0.1) is 0 Å². The molecule has 0 bridgehead atoms. The summed E-state index contributed by atoms with van der Waals surface area (Å²) in [4.78, 5) is 20.3. The molecule has 12 heteroatoms. The number of hydrogen-bond donors (Lipinski definition) is 1. The zero-order chi connectivity index (χ0) is 22.6. The highest BCUT2D eigenvalue weighted by Crippen LogP contribution is 2.23. The zero-order valence-electron chi connectivity index (χ0n) is 16.9. The Hall–Kier alpha value is -2.08. The molecule has 1 saturated heterocycles. The lowest BCUT2D eigenvalue weighted by Gasteiger charge is -2.25. The molecule has 3 rings (SSSR count). The van der Waals surface area contributed by atoms with Crippen molar-refractivity contribution in [1.82, 2.24) is 14.3 Å². The van der Waals surface area contributed by atoms with Crippen molar-refractivity contribution in [3.63, 3.8) is 0 Å². The van der Waals surface area contributed by atoms with E-state index < -0.39 is 30.9 Å². The summed E-state index contributed by atoms with van der Waals surface area (Å²) in [5, 5.41) is 1.99. The van der Waals surface area contributed by atoms with Crippen molar-refractivity contribution in [3.8, 4) is 0 Å². The van der Waals surface area contributed by atoms with Crippen LogP contribution in [0.4, 0.5) is 5.69 Å². The first-order valence-corrected chi connectivity index (χ1v) is 13.3. The number of nitrogens with one attached hydrogen (secondary N) is 1. The maximum absolute atomic E-state index is 12.7. The number of amides is 1. The topological polar surface area (TPSA) is 126 Å². The lowest BCUT2D eigenvalue weighted by atomic mass is 10.2. The third-order valence-corrected chi connectivity index (χ3v) is 8.64. The van der Waals surface area contributed by atoms with Gasteiger partial charge in [0.15, 0.2) is 5.69 Å². The fourth-order valence-corrected chi connectivity index (χ4v) is 6.03. The summed E-state index contributed by atoms with van der Waals surface area (Å²) in [6.45, 7) is 2.70. The normalized spacial score (nSPS) is 15.5. The molecule has 1 fully saturated rings. The molecule has 1 aromatic carbocycles. The second-order valence-electron chi connectivity index (χ2n) is 7.11. The maximum Gasteiger partial charge on any atom is 0.275 e. The van der Waals surface area contributed by atoms with Gasteiger partial charge in [0.1, 0.15) is 0 Å². The molecular weight excluding hydrogens is 464 g/mol. The van der Waals surface area contributed by atoms with Crippen molar-refractivity contribution >= 4 is 43.1 Å². The summed E-state index contributed by atoms with van der Waals surface area (Å²) in [7, 11) is -7.30. The summed E-state index contributed by atoms with van der Waals surface area (Å²) < 4.78 is 51.3. The molecule has 0 aliphatic carbocycles. The van der Waals surface area contributed by atoms with Gasteiger partial charge in [0, 0.05) is 18.8 Å². The Morgan fingerprint density at radius 2 is 1.74 bits per heavy atom. The van der Waals surface area contributed by atoms with Crippen molar-refractivity contribution in [2.24, 2.45) is 0 Å². The Morgan fingerprint density at radius 1 is 1.10 bits per heavy atom. The van der Waals surface area contributed by atoms with Crippen LogP contribution >= 0.6 is 11.6 Å². The summed E-state index contributed by atoms with van der Waals surface area (Å²) in [5.74, 6) is -0.880. The van der Waals surface area contributed by atoms with E-state index in [1.54, 1.807) is 6.92 Å². The molecule has 168 valence electrons. The third kappa shape index (κ3) is 5.40. The Morgan fingerprint density at radius 3 is 2.35 bits per heavy atom. The van der Waals surface area contributed by atoms with Crippen molar-refractivity contribution in [2.45, 2.75) is 42.7 Å². The van der Waals surface area contributed by atoms with Gasteiger partial charge >= 0.3 is 0 Å². The minimum Gasteiger partial charge on any atom is -0.321 e. The number of sulfonamides is 1. The number of sulfone groups is 1. The number of benzene rings is 1. The van der Waals surface area contributed by atoms with Gasteiger partial charge in [0.25, 0.3) is 5.91 Å². The van der Waals surface area contributed by atoms with Crippen LogP contribution in [0.5, 0.6) is 0 Å². The Bertz CT molecular complexity index is 1160. The van der Waals surface area contributed by atoms with Gasteiger partial charge in [-0.3, -0.25) is 4.79 Å². The molecule has 1 N–H and O–H groups in total. The van der Waals surface area contributed by atoms with Crippen molar-refractivity contribution in [3.05, 3.63) is 41.2 Å². The number of carbonyl (C=O) groups excluding carboxylic acids is 1. The summed E-state index contributed by atoms with van der Waals surface area (Å²) >= 11 is 5.99. The number of halogens is 1. The quantitative estimate of drug-likeness (QED) is 0.596. The van der Waals surface area contributed by atoms with Gasteiger partial charge in [-0.1, -0.05) is 24.9 Å².